The average molecular weight is 343 g/mol. The smallest absolute Gasteiger partial charge is 0.104 e. The monoisotopic (exact) mass is 342 g/mol. The Morgan fingerprint density at radius 2 is 1.48 bits per heavy atom. The molecular weight excluding hydrogens is 308 g/mol. The van der Waals surface area contributed by atoms with Gasteiger partial charge in [0.15, 0.2) is 0 Å². The molecule has 0 spiro atoms. The molecule has 2 heteroatoms. The Morgan fingerprint density at radius 3 is 2.08 bits per heavy atom. The predicted octanol–water partition coefficient (Wildman–Crippen LogP) is 5.91. The largest absolute Gasteiger partial charge is 0.502 e. The van der Waals surface area contributed by atoms with Crippen molar-refractivity contribution in [2.45, 2.75) is 38.2 Å². The highest BCUT2D eigenvalue weighted by molar-refractivity contribution is 5.05. The topological polar surface area (TPSA) is 18.5 Å². The van der Waals surface area contributed by atoms with E-state index in [0.717, 1.165) is 25.9 Å². The molecule has 0 aromatic heterocycles. The lowest BCUT2D eigenvalue weighted by Crippen LogP contribution is -2.40. The van der Waals surface area contributed by atoms with Gasteiger partial charge in [0, 0.05) is 5.92 Å². The van der Waals surface area contributed by atoms with E-state index < -0.39 is 0 Å². The second kappa shape index (κ2) is 9.70. The zero-order valence-electron chi connectivity index (χ0n) is 15.5. The van der Waals surface area contributed by atoms with Crippen molar-refractivity contribution >= 4 is 0 Å². The molecule has 0 aromatic carbocycles. The summed E-state index contributed by atoms with van der Waals surface area (Å²) in [6, 6.07) is 0. The van der Waals surface area contributed by atoms with Crippen LogP contribution in [0, 0.1) is 35.5 Å². The minimum atomic E-state index is 0.197. The molecular formula is C23H34O2. The highest BCUT2D eigenvalue weighted by atomic mass is 16.5. The van der Waals surface area contributed by atoms with Crippen LogP contribution in [0.15, 0.2) is 63.6 Å². The van der Waals surface area contributed by atoms with Crippen LogP contribution in [0.4, 0.5) is 0 Å². The van der Waals surface area contributed by atoms with Gasteiger partial charge in [-0.2, -0.15) is 0 Å². The summed E-state index contributed by atoms with van der Waals surface area (Å²) in [5, 5.41) is 0. The molecule has 0 N–H and O–H groups in total. The molecule has 7 unspecified atom stereocenters. The van der Waals surface area contributed by atoms with Crippen LogP contribution in [-0.4, -0.2) is 12.7 Å². The van der Waals surface area contributed by atoms with Crippen LogP contribution in [0.5, 0.6) is 0 Å². The van der Waals surface area contributed by atoms with E-state index >= 15 is 0 Å². The van der Waals surface area contributed by atoms with Gasteiger partial charge in [0.05, 0.1) is 19.1 Å². The van der Waals surface area contributed by atoms with Crippen molar-refractivity contribution < 1.29 is 9.47 Å². The summed E-state index contributed by atoms with van der Waals surface area (Å²) in [4.78, 5) is 0. The lowest BCUT2D eigenvalue weighted by atomic mass is 9.64. The molecule has 2 nitrogen and oxygen atoms in total. The molecule has 0 saturated heterocycles. The summed E-state index contributed by atoms with van der Waals surface area (Å²) in [7, 11) is 0. The minimum Gasteiger partial charge on any atom is -0.502 e. The summed E-state index contributed by atoms with van der Waals surface area (Å²) in [5.41, 5.74) is 0. The number of allylic oxidation sites excluding steroid dienone is 3. The molecule has 0 amide bonds. The van der Waals surface area contributed by atoms with Crippen LogP contribution in [0.3, 0.4) is 0 Å². The third-order valence-electron chi connectivity index (χ3n) is 6.27. The van der Waals surface area contributed by atoms with Crippen molar-refractivity contribution in [2.75, 3.05) is 6.61 Å². The second-order valence-electron chi connectivity index (χ2n) is 7.54. The summed E-state index contributed by atoms with van der Waals surface area (Å²) >= 11 is 0. The van der Waals surface area contributed by atoms with E-state index in [9.17, 15) is 0 Å². The Labute approximate surface area is 154 Å². The Morgan fingerprint density at radius 1 is 0.800 bits per heavy atom. The zero-order chi connectivity index (χ0) is 18.2. The normalized spacial score (nSPS) is 36.0. The Kier molecular flexibility index (Phi) is 7.61. The fourth-order valence-electron chi connectivity index (χ4n) is 4.96. The quantitative estimate of drug-likeness (QED) is 0.363. The molecule has 0 aliphatic heterocycles. The van der Waals surface area contributed by atoms with Gasteiger partial charge in [0.2, 0.25) is 0 Å². The predicted molar refractivity (Wildman–Crippen MR) is 106 cm³/mol. The summed E-state index contributed by atoms with van der Waals surface area (Å²) in [6.45, 7) is 20.4. The summed E-state index contributed by atoms with van der Waals surface area (Å²) in [5.74, 6) is 3.01. The summed E-state index contributed by atoms with van der Waals surface area (Å²) < 4.78 is 11.5. The molecule has 0 aromatic rings. The highest BCUT2D eigenvalue weighted by Gasteiger charge is 2.43. The Hall–Kier alpha value is -1.70. The van der Waals surface area contributed by atoms with Crippen molar-refractivity contribution in [3.8, 4) is 0 Å². The number of hydrogen-bond donors (Lipinski definition) is 0. The maximum absolute atomic E-state index is 6.11. The van der Waals surface area contributed by atoms with Crippen molar-refractivity contribution in [1.82, 2.24) is 0 Å². The van der Waals surface area contributed by atoms with Gasteiger partial charge in [0.25, 0.3) is 0 Å². The number of hydrogen-bond acceptors (Lipinski definition) is 2. The average Bonchev–Trinajstić information content (AvgIpc) is 3.11. The first kappa shape index (κ1) is 19.6. The third kappa shape index (κ3) is 4.68. The molecule has 2 aliphatic carbocycles. The fourth-order valence-corrected chi connectivity index (χ4v) is 4.96. The Balaban J connectivity index is 2.12. The van der Waals surface area contributed by atoms with Crippen molar-refractivity contribution in [3.05, 3.63) is 63.6 Å². The number of rotatable bonds is 10. The minimum absolute atomic E-state index is 0.197. The van der Waals surface area contributed by atoms with Crippen LogP contribution >= 0.6 is 0 Å². The molecule has 138 valence electrons. The Bertz CT molecular complexity index is 480. The van der Waals surface area contributed by atoms with Crippen molar-refractivity contribution in [2.24, 2.45) is 35.5 Å². The first-order valence-corrected chi connectivity index (χ1v) is 9.54. The van der Waals surface area contributed by atoms with E-state index in [-0.39, 0.29) is 6.10 Å². The van der Waals surface area contributed by atoms with E-state index in [4.69, 9.17) is 9.47 Å². The van der Waals surface area contributed by atoms with Gasteiger partial charge in [-0.3, -0.25) is 0 Å². The molecule has 2 rings (SSSR count). The molecule has 7 atom stereocenters. The SMILES string of the molecule is C=COCC1CCC(C(OC=C)C2CC(C=C)C(C=C)CC2C=C)C1. The first-order chi connectivity index (χ1) is 12.2. The molecule has 2 fully saturated rings. The van der Waals surface area contributed by atoms with Crippen LogP contribution in [0.1, 0.15) is 32.1 Å². The zero-order valence-corrected chi connectivity index (χ0v) is 15.5. The first-order valence-electron chi connectivity index (χ1n) is 9.54. The fraction of sp³-hybridized carbons (Fsp3) is 0.565. The van der Waals surface area contributed by atoms with Gasteiger partial charge in [-0.25, -0.2) is 0 Å². The molecule has 0 bridgehead atoms. The van der Waals surface area contributed by atoms with E-state index in [1.807, 2.05) is 0 Å². The molecule has 0 heterocycles. The maximum Gasteiger partial charge on any atom is 0.104 e. The lowest BCUT2D eigenvalue weighted by Gasteiger charge is -2.43. The standard InChI is InChI=1S/C23H34O2/c1-6-18-14-20(8-3)22(15-19(18)7-2)23(25-10-5)21-12-11-17(13-21)16-24-9-4/h6-10,17-23H,1-5,11-16H2. The van der Waals surface area contributed by atoms with Crippen molar-refractivity contribution in [1.29, 1.82) is 0 Å². The highest BCUT2D eigenvalue weighted by Crippen LogP contribution is 2.46. The second-order valence-corrected chi connectivity index (χ2v) is 7.54. The van der Waals surface area contributed by atoms with Gasteiger partial charge < -0.3 is 9.47 Å². The van der Waals surface area contributed by atoms with Crippen LogP contribution in [0.25, 0.3) is 0 Å². The van der Waals surface area contributed by atoms with Gasteiger partial charge in [-0.15, -0.1) is 19.7 Å². The van der Waals surface area contributed by atoms with Gasteiger partial charge in [-0.1, -0.05) is 31.4 Å². The molecule has 25 heavy (non-hydrogen) atoms. The van der Waals surface area contributed by atoms with E-state index in [2.05, 4.69) is 51.1 Å². The van der Waals surface area contributed by atoms with Gasteiger partial charge >= 0.3 is 0 Å². The van der Waals surface area contributed by atoms with E-state index in [1.165, 1.54) is 12.8 Å². The van der Waals surface area contributed by atoms with E-state index in [0.29, 0.717) is 35.5 Å². The summed E-state index contributed by atoms with van der Waals surface area (Å²) in [6.07, 6.45) is 15.4. The van der Waals surface area contributed by atoms with E-state index in [1.54, 1.807) is 12.5 Å². The van der Waals surface area contributed by atoms with Crippen LogP contribution < -0.4 is 0 Å². The van der Waals surface area contributed by atoms with Gasteiger partial charge in [-0.05, 0) is 61.7 Å². The number of ether oxygens (including phenoxy) is 2. The maximum atomic E-state index is 6.11. The third-order valence-corrected chi connectivity index (χ3v) is 6.27. The molecule has 0 radical (unpaired) electrons. The van der Waals surface area contributed by atoms with Gasteiger partial charge in [0.1, 0.15) is 6.10 Å². The van der Waals surface area contributed by atoms with Crippen LogP contribution in [-0.2, 0) is 9.47 Å². The van der Waals surface area contributed by atoms with Crippen LogP contribution in [0.2, 0.25) is 0 Å². The lowest BCUT2D eigenvalue weighted by molar-refractivity contribution is -0.00979. The molecule has 2 aliphatic rings. The van der Waals surface area contributed by atoms with Crippen molar-refractivity contribution in [3.63, 3.8) is 0 Å². The molecule has 2 saturated carbocycles.